The molecule has 1 amide bonds. The van der Waals surface area contributed by atoms with Gasteiger partial charge in [-0.25, -0.2) is 22.2 Å². The van der Waals surface area contributed by atoms with Crippen molar-refractivity contribution < 1.29 is 27.1 Å². The topological polar surface area (TPSA) is 128 Å². The van der Waals surface area contributed by atoms with Crippen molar-refractivity contribution in [1.29, 1.82) is 0 Å². The fourth-order valence-corrected chi connectivity index (χ4v) is 7.30. The molecule has 4 fully saturated rings. The molecule has 0 unspecified atom stereocenters. The number of aryl methyl sites for hydroxylation is 1. The van der Waals surface area contributed by atoms with Gasteiger partial charge in [0.1, 0.15) is 10.6 Å². The maximum atomic E-state index is 13.7. The molecule has 2 aromatic rings. The summed E-state index contributed by atoms with van der Waals surface area (Å²) in [4.78, 5) is 26.3. The normalized spacial score (nSPS) is 22.3. The van der Waals surface area contributed by atoms with E-state index in [9.17, 15) is 27.1 Å². The molecule has 6 rings (SSSR count). The van der Waals surface area contributed by atoms with Crippen molar-refractivity contribution in [2.75, 3.05) is 52.6 Å². The van der Waals surface area contributed by atoms with Crippen LogP contribution in [-0.2, 0) is 10.0 Å². The van der Waals surface area contributed by atoms with Gasteiger partial charge < -0.3 is 20.2 Å². The summed E-state index contributed by atoms with van der Waals surface area (Å²) < 4.78 is 54.7. The molecular weight excluding hydrogens is 554 g/mol. The number of piperidine rings is 2. The van der Waals surface area contributed by atoms with Crippen LogP contribution in [0.15, 0.2) is 24.3 Å². The van der Waals surface area contributed by atoms with Crippen LogP contribution in [0.3, 0.4) is 0 Å². The predicted octanol–water partition coefficient (Wildman–Crippen LogP) is 3.92. The first-order valence-electron chi connectivity index (χ1n) is 14.2. The number of aliphatic hydroxyl groups is 1. The maximum Gasteiger partial charge on any atom is 0.258 e. The van der Waals surface area contributed by atoms with E-state index in [1.54, 1.807) is 36.1 Å². The number of aliphatic hydroxyl groups excluding tert-OH is 1. The van der Waals surface area contributed by atoms with Crippen LogP contribution in [0.2, 0.25) is 0 Å². The second-order valence-corrected chi connectivity index (χ2v) is 14.2. The van der Waals surface area contributed by atoms with Gasteiger partial charge in [-0.3, -0.25) is 9.52 Å². The average Bonchev–Trinajstić information content (AvgIpc) is 3.85. The van der Waals surface area contributed by atoms with Gasteiger partial charge in [0.15, 0.2) is 0 Å². The first kappa shape index (κ1) is 28.1. The summed E-state index contributed by atoms with van der Waals surface area (Å²) in [5.74, 6) is -2.55. The molecule has 4 aliphatic rings. The lowest BCUT2D eigenvalue weighted by molar-refractivity contribution is -0.0222. The molecule has 3 N–H and O–H groups in total. The van der Waals surface area contributed by atoms with Gasteiger partial charge in [0.2, 0.25) is 16.0 Å². The lowest BCUT2D eigenvalue weighted by Gasteiger charge is -2.35. The Kier molecular flexibility index (Phi) is 6.88. The van der Waals surface area contributed by atoms with E-state index in [2.05, 4.69) is 24.9 Å². The molecule has 2 aliphatic carbocycles. The van der Waals surface area contributed by atoms with Crippen LogP contribution in [0.25, 0.3) is 0 Å². The van der Waals surface area contributed by atoms with E-state index in [-0.39, 0.29) is 31.7 Å². The van der Waals surface area contributed by atoms with Gasteiger partial charge in [-0.15, -0.1) is 0 Å². The molecule has 222 valence electrons. The maximum absolute atomic E-state index is 13.7. The molecule has 3 heterocycles. The van der Waals surface area contributed by atoms with E-state index >= 15 is 0 Å². The van der Waals surface area contributed by atoms with Crippen molar-refractivity contribution in [2.24, 2.45) is 5.41 Å². The van der Waals surface area contributed by atoms with Crippen molar-refractivity contribution in [2.45, 2.75) is 69.0 Å². The Morgan fingerprint density at radius 1 is 0.951 bits per heavy atom. The average molecular weight is 591 g/mol. The first-order valence-corrected chi connectivity index (χ1v) is 15.7. The number of carbonyl (C=O) groups excluding carboxylic acids is 1. The highest BCUT2D eigenvalue weighted by molar-refractivity contribution is 7.94. The molecule has 13 heteroatoms. The van der Waals surface area contributed by atoms with Gasteiger partial charge in [-0.1, -0.05) is 0 Å². The number of aromatic nitrogens is 2. The standard InChI is InChI=1S/C28H36F2N6O4S/c1-19-16-23(33-25(31-19)36-14-10-28(29,30)11-15-36)32-24(38)21-3-2-20(34-41(39,40)27(18-37)6-7-27)17-22(21)35-12-8-26(4-5-26)9-13-35/h2-3,16-17,34,37H,4-15,18H2,1H3,(H,31,32,33,38). The summed E-state index contributed by atoms with van der Waals surface area (Å²) in [5, 5.41) is 12.5. The Morgan fingerprint density at radius 2 is 1.61 bits per heavy atom. The van der Waals surface area contributed by atoms with Gasteiger partial charge in [0, 0.05) is 50.8 Å². The summed E-state index contributed by atoms with van der Waals surface area (Å²) in [6.07, 6.45) is 4.73. The van der Waals surface area contributed by atoms with E-state index in [4.69, 9.17) is 0 Å². The molecular formula is C28H36F2N6O4S. The number of nitrogens with one attached hydrogen (secondary N) is 2. The molecule has 1 aromatic carbocycles. The van der Waals surface area contributed by atoms with Crippen LogP contribution in [0, 0.1) is 12.3 Å². The van der Waals surface area contributed by atoms with Gasteiger partial charge >= 0.3 is 0 Å². The summed E-state index contributed by atoms with van der Waals surface area (Å²) in [7, 11) is -3.80. The molecule has 0 atom stereocenters. The lowest BCUT2D eigenvalue weighted by atomic mass is 9.93. The SMILES string of the molecule is Cc1cc(NC(=O)c2ccc(NS(=O)(=O)C3(CO)CC3)cc2N2CCC3(CC2)CC3)nc(N2CCC(F)(F)CC2)n1. The van der Waals surface area contributed by atoms with Crippen molar-refractivity contribution in [3.05, 3.63) is 35.5 Å². The molecule has 2 aliphatic heterocycles. The van der Waals surface area contributed by atoms with Crippen LogP contribution in [-0.4, -0.2) is 72.9 Å². The number of halogens is 2. The smallest absolute Gasteiger partial charge is 0.258 e. The number of rotatable bonds is 8. The highest BCUT2D eigenvalue weighted by Gasteiger charge is 2.54. The zero-order valence-corrected chi connectivity index (χ0v) is 23.9. The van der Waals surface area contributed by atoms with Crippen LogP contribution in [0.4, 0.5) is 31.9 Å². The first-order chi connectivity index (χ1) is 19.4. The van der Waals surface area contributed by atoms with Crippen LogP contribution in [0.5, 0.6) is 0 Å². The Bertz CT molecular complexity index is 1440. The Morgan fingerprint density at radius 3 is 2.22 bits per heavy atom. The Labute approximate surface area is 238 Å². The fraction of sp³-hybridized carbons (Fsp3) is 0.607. The molecule has 1 aromatic heterocycles. The van der Waals surface area contributed by atoms with Crippen molar-refractivity contribution in [3.63, 3.8) is 0 Å². The Hall–Kier alpha value is -3.06. The molecule has 0 bridgehead atoms. The number of hydrogen-bond donors (Lipinski definition) is 3. The number of amides is 1. The van der Waals surface area contributed by atoms with Gasteiger partial charge in [-0.2, -0.15) is 4.98 Å². The lowest BCUT2D eigenvalue weighted by Crippen LogP contribution is -2.40. The number of carbonyl (C=O) groups is 1. The summed E-state index contributed by atoms with van der Waals surface area (Å²) >= 11 is 0. The Balaban J connectivity index is 1.25. The quantitative estimate of drug-likeness (QED) is 0.422. The third-order valence-corrected chi connectivity index (χ3v) is 11.3. The van der Waals surface area contributed by atoms with Gasteiger partial charge in [-0.05, 0) is 69.1 Å². The van der Waals surface area contributed by atoms with Crippen LogP contribution < -0.4 is 19.8 Å². The monoisotopic (exact) mass is 590 g/mol. The van der Waals surface area contributed by atoms with Crippen LogP contribution in [0.1, 0.15) is 67.4 Å². The highest BCUT2D eigenvalue weighted by Crippen LogP contribution is 2.54. The van der Waals surface area contributed by atoms with E-state index in [0.717, 1.165) is 25.9 Å². The summed E-state index contributed by atoms with van der Waals surface area (Å²) in [5.41, 5.74) is 2.33. The summed E-state index contributed by atoms with van der Waals surface area (Å²) in [6.45, 7) is 3.08. The minimum atomic E-state index is -3.80. The number of hydrogen-bond acceptors (Lipinski definition) is 8. The minimum absolute atomic E-state index is 0.124. The van der Waals surface area contributed by atoms with Crippen molar-refractivity contribution >= 4 is 39.1 Å². The molecule has 10 nitrogen and oxygen atoms in total. The highest BCUT2D eigenvalue weighted by atomic mass is 32.2. The number of benzene rings is 1. The zero-order valence-electron chi connectivity index (χ0n) is 23.1. The number of anilines is 4. The van der Waals surface area contributed by atoms with E-state index in [0.29, 0.717) is 46.8 Å². The largest absolute Gasteiger partial charge is 0.395 e. The van der Waals surface area contributed by atoms with Gasteiger partial charge in [0.25, 0.3) is 11.8 Å². The molecule has 2 saturated carbocycles. The second-order valence-electron chi connectivity index (χ2n) is 12.2. The number of alkyl halides is 2. The molecule has 2 saturated heterocycles. The third kappa shape index (κ3) is 5.70. The molecule has 1 spiro atoms. The third-order valence-electron chi connectivity index (χ3n) is 9.14. The zero-order chi connectivity index (χ0) is 29.0. The van der Waals surface area contributed by atoms with Crippen molar-refractivity contribution in [1.82, 2.24) is 9.97 Å². The van der Waals surface area contributed by atoms with Crippen LogP contribution >= 0.6 is 0 Å². The predicted molar refractivity (Wildman–Crippen MR) is 152 cm³/mol. The van der Waals surface area contributed by atoms with E-state index in [1.165, 1.54) is 12.8 Å². The number of nitrogens with zero attached hydrogens (tertiary/aromatic N) is 4. The fourth-order valence-electron chi connectivity index (χ4n) is 5.84. The van der Waals surface area contributed by atoms with E-state index < -0.39 is 33.2 Å². The molecule has 0 radical (unpaired) electrons. The second kappa shape index (κ2) is 10.0. The van der Waals surface area contributed by atoms with E-state index in [1.807, 2.05) is 0 Å². The minimum Gasteiger partial charge on any atom is -0.395 e. The summed E-state index contributed by atoms with van der Waals surface area (Å²) in [6, 6.07) is 6.48. The van der Waals surface area contributed by atoms with Gasteiger partial charge in [0.05, 0.1) is 23.5 Å². The van der Waals surface area contributed by atoms with Crippen molar-refractivity contribution in [3.8, 4) is 0 Å². The molecule has 41 heavy (non-hydrogen) atoms. The number of sulfonamides is 1.